The summed E-state index contributed by atoms with van der Waals surface area (Å²) in [6.45, 7) is 0. The summed E-state index contributed by atoms with van der Waals surface area (Å²) < 4.78 is 0. The lowest BCUT2D eigenvalue weighted by atomic mass is 10.1. The molecule has 4 nitrogen and oxygen atoms in total. The second-order valence-electron chi connectivity index (χ2n) is 4.39. The summed E-state index contributed by atoms with van der Waals surface area (Å²) in [4.78, 5) is 16.6. The molecule has 0 saturated carbocycles. The van der Waals surface area contributed by atoms with Gasteiger partial charge in [-0.2, -0.15) is 0 Å². The number of hydrogen-bond donors (Lipinski definition) is 2. The van der Waals surface area contributed by atoms with E-state index in [1.54, 1.807) is 6.07 Å². The zero-order valence-corrected chi connectivity index (χ0v) is 11.5. The second kappa shape index (κ2) is 4.83. The number of aliphatic carboxylic acids is 1. The van der Waals surface area contributed by atoms with E-state index < -0.39 is 11.9 Å². The zero-order valence-electron chi connectivity index (χ0n) is 9.89. The molecule has 1 unspecified atom stereocenters. The molecule has 19 heavy (non-hydrogen) atoms. The molecule has 2 N–H and O–H groups in total. The van der Waals surface area contributed by atoms with Crippen molar-refractivity contribution in [2.75, 3.05) is 5.32 Å². The molecule has 0 bridgehead atoms. The normalized spacial score (nSPS) is 17.2. The van der Waals surface area contributed by atoms with Crippen molar-refractivity contribution in [3.63, 3.8) is 0 Å². The van der Waals surface area contributed by atoms with Crippen LogP contribution in [-0.2, 0) is 11.2 Å². The van der Waals surface area contributed by atoms with E-state index in [0.717, 1.165) is 22.1 Å². The Balaban J connectivity index is 1.85. The second-order valence-corrected chi connectivity index (χ2v) is 5.91. The number of anilines is 2. The molecule has 1 aromatic carbocycles. The summed E-state index contributed by atoms with van der Waals surface area (Å²) >= 11 is 7.43. The minimum absolute atomic E-state index is 0.457. The molecule has 1 aliphatic rings. The molecule has 1 heterocycles. The molecule has 0 radical (unpaired) electrons. The Kier molecular flexibility index (Phi) is 3.16. The summed E-state index contributed by atoms with van der Waals surface area (Å²) in [5, 5.41) is 13.7. The van der Waals surface area contributed by atoms with Crippen LogP contribution >= 0.6 is 22.9 Å². The Morgan fingerprint density at radius 2 is 2.37 bits per heavy atom. The standard InChI is InChI=1S/C13H11ClN2O2S/c14-7-2-1-3-8(6-7)15-13-16-11-9(12(17)18)4-5-10(11)19-13/h1-3,6,9H,4-5H2,(H,15,16)(H,17,18). The van der Waals surface area contributed by atoms with E-state index in [1.165, 1.54) is 11.3 Å². The van der Waals surface area contributed by atoms with Crippen molar-refractivity contribution in [2.45, 2.75) is 18.8 Å². The highest BCUT2D eigenvalue weighted by Crippen LogP contribution is 2.39. The molecule has 0 spiro atoms. The lowest BCUT2D eigenvalue weighted by Crippen LogP contribution is -2.08. The molecule has 1 atom stereocenters. The number of fused-ring (bicyclic) bond motifs is 1. The number of rotatable bonds is 3. The summed E-state index contributed by atoms with van der Waals surface area (Å²) in [5.41, 5.74) is 1.56. The van der Waals surface area contributed by atoms with E-state index >= 15 is 0 Å². The highest BCUT2D eigenvalue weighted by molar-refractivity contribution is 7.15. The third kappa shape index (κ3) is 2.43. The van der Waals surface area contributed by atoms with Gasteiger partial charge in [-0.05, 0) is 31.0 Å². The lowest BCUT2D eigenvalue weighted by molar-refractivity contribution is -0.138. The third-order valence-electron chi connectivity index (χ3n) is 3.09. The first kappa shape index (κ1) is 12.4. The highest BCUT2D eigenvalue weighted by atomic mass is 35.5. The van der Waals surface area contributed by atoms with E-state index in [2.05, 4.69) is 10.3 Å². The molecular weight excluding hydrogens is 284 g/mol. The topological polar surface area (TPSA) is 62.2 Å². The average molecular weight is 295 g/mol. The van der Waals surface area contributed by atoms with Crippen molar-refractivity contribution in [1.29, 1.82) is 0 Å². The molecule has 0 saturated heterocycles. The fraction of sp³-hybridized carbons (Fsp3) is 0.231. The van der Waals surface area contributed by atoms with Crippen LogP contribution in [0.4, 0.5) is 10.8 Å². The number of thiazole rings is 1. The smallest absolute Gasteiger partial charge is 0.312 e. The van der Waals surface area contributed by atoms with E-state index in [9.17, 15) is 4.79 Å². The van der Waals surface area contributed by atoms with Gasteiger partial charge >= 0.3 is 5.97 Å². The maximum atomic E-state index is 11.1. The SMILES string of the molecule is O=C(O)C1CCc2sc(Nc3cccc(Cl)c3)nc21. The molecule has 2 aromatic rings. The molecule has 1 aliphatic carbocycles. The van der Waals surface area contributed by atoms with Crippen molar-refractivity contribution in [1.82, 2.24) is 4.98 Å². The van der Waals surface area contributed by atoms with Crippen molar-refractivity contribution >= 4 is 39.7 Å². The summed E-state index contributed by atoms with van der Waals surface area (Å²) in [5.74, 6) is -1.25. The minimum Gasteiger partial charge on any atom is -0.481 e. The van der Waals surface area contributed by atoms with Crippen LogP contribution in [0.3, 0.4) is 0 Å². The number of nitrogens with zero attached hydrogens (tertiary/aromatic N) is 1. The third-order valence-corrected chi connectivity index (χ3v) is 4.37. The first-order valence-electron chi connectivity index (χ1n) is 5.88. The van der Waals surface area contributed by atoms with Crippen molar-refractivity contribution in [3.05, 3.63) is 39.9 Å². The maximum Gasteiger partial charge on any atom is 0.312 e. The van der Waals surface area contributed by atoms with Crippen LogP contribution in [0, 0.1) is 0 Å². The molecule has 0 aliphatic heterocycles. The highest BCUT2D eigenvalue weighted by Gasteiger charge is 2.32. The summed E-state index contributed by atoms with van der Waals surface area (Å²) in [6.07, 6.45) is 1.45. The number of aryl methyl sites for hydroxylation is 1. The number of carboxylic acids is 1. The van der Waals surface area contributed by atoms with Crippen LogP contribution in [0.5, 0.6) is 0 Å². The van der Waals surface area contributed by atoms with Gasteiger partial charge in [0.2, 0.25) is 0 Å². The van der Waals surface area contributed by atoms with E-state index in [1.807, 2.05) is 18.2 Å². The zero-order chi connectivity index (χ0) is 13.4. The summed E-state index contributed by atoms with van der Waals surface area (Å²) in [7, 11) is 0. The number of nitrogens with one attached hydrogen (secondary N) is 1. The first-order valence-corrected chi connectivity index (χ1v) is 7.08. The van der Waals surface area contributed by atoms with Crippen LogP contribution in [-0.4, -0.2) is 16.1 Å². The van der Waals surface area contributed by atoms with Gasteiger partial charge in [0.05, 0.1) is 5.69 Å². The number of carboxylic acid groups (broad SMARTS) is 1. The van der Waals surface area contributed by atoms with Gasteiger partial charge in [-0.3, -0.25) is 4.79 Å². The summed E-state index contributed by atoms with van der Waals surface area (Å²) in [6, 6.07) is 7.36. The number of benzene rings is 1. The number of hydrogen-bond acceptors (Lipinski definition) is 4. The van der Waals surface area contributed by atoms with Crippen LogP contribution in [0.2, 0.25) is 5.02 Å². The van der Waals surface area contributed by atoms with Crippen molar-refractivity contribution in [2.24, 2.45) is 0 Å². The molecule has 98 valence electrons. The lowest BCUT2D eigenvalue weighted by Gasteiger charge is -2.04. The molecule has 0 amide bonds. The predicted molar refractivity (Wildman–Crippen MR) is 75.5 cm³/mol. The molecule has 6 heteroatoms. The van der Waals surface area contributed by atoms with Crippen LogP contribution in [0.15, 0.2) is 24.3 Å². The van der Waals surface area contributed by atoms with Gasteiger partial charge < -0.3 is 10.4 Å². The van der Waals surface area contributed by atoms with Gasteiger partial charge in [-0.1, -0.05) is 17.7 Å². The molecule has 0 fully saturated rings. The Labute approximate surface area is 119 Å². The van der Waals surface area contributed by atoms with Gasteiger partial charge in [0, 0.05) is 15.6 Å². The van der Waals surface area contributed by atoms with Crippen LogP contribution < -0.4 is 5.32 Å². The number of aromatic nitrogens is 1. The largest absolute Gasteiger partial charge is 0.481 e. The Morgan fingerprint density at radius 3 is 3.11 bits per heavy atom. The maximum absolute atomic E-state index is 11.1. The molecular formula is C13H11ClN2O2S. The Hall–Kier alpha value is -1.59. The van der Waals surface area contributed by atoms with E-state index in [-0.39, 0.29) is 0 Å². The van der Waals surface area contributed by atoms with Crippen molar-refractivity contribution < 1.29 is 9.90 Å². The Morgan fingerprint density at radius 1 is 1.53 bits per heavy atom. The van der Waals surface area contributed by atoms with Gasteiger partial charge in [-0.15, -0.1) is 11.3 Å². The van der Waals surface area contributed by atoms with Gasteiger partial charge in [0.15, 0.2) is 5.13 Å². The van der Waals surface area contributed by atoms with Gasteiger partial charge in [0.25, 0.3) is 0 Å². The fourth-order valence-corrected chi connectivity index (χ4v) is 3.46. The quantitative estimate of drug-likeness (QED) is 0.907. The van der Waals surface area contributed by atoms with Gasteiger partial charge in [0.1, 0.15) is 5.92 Å². The molecule has 1 aromatic heterocycles. The van der Waals surface area contributed by atoms with Crippen LogP contribution in [0.25, 0.3) is 0 Å². The number of carbonyl (C=O) groups is 1. The van der Waals surface area contributed by atoms with E-state index in [0.29, 0.717) is 17.1 Å². The number of halogens is 1. The van der Waals surface area contributed by atoms with Gasteiger partial charge in [-0.25, -0.2) is 4.98 Å². The van der Waals surface area contributed by atoms with E-state index in [4.69, 9.17) is 16.7 Å². The fourth-order valence-electron chi connectivity index (χ4n) is 2.21. The average Bonchev–Trinajstić information content (AvgIpc) is 2.87. The minimum atomic E-state index is -0.793. The monoisotopic (exact) mass is 294 g/mol. The Bertz CT molecular complexity index is 641. The molecule has 3 rings (SSSR count). The van der Waals surface area contributed by atoms with Crippen LogP contribution in [0.1, 0.15) is 22.9 Å². The first-order chi connectivity index (χ1) is 9.13. The van der Waals surface area contributed by atoms with Crippen molar-refractivity contribution in [3.8, 4) is 0 Å². The predicted octanol–water partition coefficient (Wildman–Crippen LogP) is 3.65.